The van der Waals surface area contributed by atoms with E-state index in [9.17, 15) is 12.8 Å². The van der Waals surface area contributed by atoms with E-state index in [4.69, 9.17) is 21.2 Å². The average Bonchev–Trinajstić information content (AvgIpc) is 2.93. The van der Waals surface area contributed by atoms with Crippen LogP contribution in [0.2, 0.25) is 5.02 Å². The highest BCUT2D eigenvalue weighted by Crippen LogP contribution is 2.23. The third-order valence-electron chi connectivity index (χ3n) is 2.58. The quantitative estimate of drug-likeness (QED) is 0.811. The molecule has 0 aliphatic rings. The third-order valence-corrected chi connectivity index (χ3v) is 4.26. The van der Waals surface area contributed by atoms with Gasteiger partial charge in [0.2, 0.25) is 15.9 Å². The number of nitrogens with zero attached hydrogens (tertiary/aromatic N) is 2. The summed E-state index contributed by atoms with van der Waals surface area (Å²) in [5, 5.41) is 12.4. The molecule has 1 aromatic carbocycles. The molecular formula is C11H11ClFN3O4S. The van der Waals surface area contributed by atoms with E-state index in [1.807, 2.05) is 0 Å². The maximum absolute atomic E-state index is 14.0. The van der Waals surface area contributed by atoms with Crippen LogP contribution in [0.5, 0.6) is 0 Å². The number of aromatic nitrogens is 2. The molecule has 0 radical (unpaired) electrons. The lowest BCUT2D eigenvalue weighted by Gasteiger charge is -2.09. The monoisotopic (exact) mass is 335 g/mol. The number of benzene rings is 1. The molecular weight excluding hydrogens is 325 g/mol. The molecule has 2 rings (SSSR count). The summed E-state index contributed by atoms with van der Waals surface area (Å²) < 4.78 is 45.0. The van der Waals surface area contributed by atoms with Gasteiger partial charge in [-0.1, -0.05) is 16.8 Å². The number of hydrogen-bond donors (Lipinski definition) is 2. The maximum atomic E-state index is 14.0. The van der Waals surface area contributed by atoms with Crippen molar-refractivity contribution < 1.29 is 22.4 Å². The van der Waals surface area contributed by atoms with Gasteiger partial charge in [-0.25, -0.2) is 17.5 Å². The van der Waals surface area contributed by atoms with Crippen molar-refractivity contribution in [1.82, 2.24) is 14.9 Å². The van der Waals surface area contributed by atoms with Gasteiger partial charge in [-0.05, 0) is 12.1 Å². The second kappa shape index (κ2) is 6.48. The number of aliphatic hydroxyl groups excluding tert-OH is 1. The highest BCUT2D eigenvalue weighted by atomic mass is 35.5. The molecule has 1 aromatic heterocycles. The highest BCUT2D eigenvalue weighted by molar-refractivity contribution is 7.89. The predicted octanol–water partition coefficient (Wildman–Crippen LogP) is 0.875. The molecule has 0 bridgehead atoms. The zero-order chi connectivity index (χ0) is 15.5. The summed E-state index contributed by atoms with van der Waals surface area (Å²) >= 11 is 5.72. The molecule has 1 heterocycles. The third kappa shape index (κ3) is 3.76. The van der Waals surface area contributed by atoms with E-state index < -0.39 is 27.3 Å². The first-order chi connectivity index (χ1) is 9.94. The van der Waals surface area contributed by atoms with Crippen LogP contribution < -0.4 is 4.72 Å². The molecule has 0 atom stereocenters. The number of aliphatic hydroxyl groups is 1. The largest absolute Gasteiger partial charge is 0.392 e. The lowest BCUT2D eigenvalue weighted by atomic mass is 10.2. The van der Waals surface area contributed by atoms with Gasteiger partial charge in [0.25, 0.3) is 0 Å². The summed E-state index contributed by atoms with van der Waals surface area (Å²) in [6, 6.07) is 2.14. The van der Waals surface area contributed by atoms with E-state index in [-0.39, 0.29) is 29.4 Å². The van der Waals surface area contributed by atoms with E-state index in [1.165, 1.54) is 6.33 Å². The molecule has 0 fully saturated rings. The van der Waals surface area contributed by atoms with Crippen LogP contribution >= 0.6 is 11.6 Å². The van der Waals surface area contributed by atoms with Gasteiger partial charge in [-0.15, -0.1) is 0 Å². The molecule has 2 aromatic rings. The van der Waals surface area contributed by atoms with Crippen LogP contribution in [-0.2, 0) is 23.1 Å². The molecule has 0 unspecified atom stereocenters. The zero-order valence-electron chi connectivity index (χ0n) is 10.6. The molecule has 0 saturated carbocycles. The van der Waals surface area contributed by atoms with Gasteiger partial charge in [-0.3, -0.25) is 0 Å². The predicted molar refractivity (Wildman–Crippen MR) is 70.5 cm³/mol. The second-order valence-electron chi connectivity index (χ2n) is 4.02. The minimum absolute atomic E-state index is 0.0118. The Morgan fingerprint density at radius 2 is 2.19 bits per heavy atom. The fourth-order valence-electron chi connectivity index (χ4n) is 1.61. The number of halogens is 2. The van der Waals surface area contributed by atoms with Crippen molar-refractivity contribution in [2.75, 3.05) is 6.54 Å². The van der Waals surface area contributed by atoms with Gasteiger partial charge in [0, 0.05) is 23.6 Å². The summed E-state index contributed by atoms with van der Waals surface area (Å²) in [7, 11) is -4.11. The van der Waals surface area contributed by atoms with Gasteiger partial charge in [0.1, 0.15) is 10.7 Å². The Kier molecular flexibility index (Phi) is 4.88. The SMILES string of the molecule is O=S(=O)(NCCc1ncno1)c1cc(Cl)cc(CO)c1F. The zero-order valence-corrected chi connectivity index (χ0v) is 12.2. The molecule has 0 saturated heterocycles. The Labute approximate surface area is 124 Å². The van der Waals surface area contributed by atoms with Gasteiger partial charge in [0.15, 0.2) is 6.33 Å². The van der Waals surface area contributed by atoms with Crippen molar-refractivity contribution in [2.24, 2.45) is 0 Å². The van der Waals surface area contributed by atoms with Crippen LogP contribution in [0.1, 0.15) is 11.5 Å². The first-order valence-electron chi connectivity index (χ1n) is 5.78. The van der Waals surface area contributed by atoms with Gasteiger partial charge >= 0.3 is 0 Å². The van der Waals surface area contributed by atoms with Crippen molar-refractivity contribution in [3.8, 4) is 0 Å². The molecule has 0 amide bonds. The Morgan fingerprint density at radius 3 is 2.81 bits per heavy atom. The minimum atomic E-state index is -4.11. The Morgan fingerprint density at radius 1 is 1.43 bits per heavy atom. The van der Waals surface area contributed by atoms with Gasteiger partial charge in [0.05, 0.1) is 6.61 Å². The van der Waals surface area contributed by atoms with E-state index in [1.54, 1.807) is 0 Å². The molecule has 114 valence electrons. The van der Waals surface area contributed by atoms with E-state index in [0.717, 1.165) is 12.1 Å². The molecule has 10 heteroatoms. The fraction of sp³-hybridized carbons (Fsp3) is 0.273. The first kappa shape index (κ1) is 15.8. The Bertz CT molecular complexity index is 721. The average molecular weight is 336 g/mol. The van der Waals surface area contributed by atoms with Crippen LogP contribution in [0, 0.1) is 5.82 Å². The van der Waals surface area contributed by atoms with Crippen LogP contribution in [0.25, 0.3) is 0 Å². The Hall–Kier alpha value is -1.55. The fourth-order valence-corrected chi connectivity index (χ4v) is 3.09. The molecule has 0 spiro atoms. The van der Waals surface area contributed by atoms with Crippen LogP contribution in [0.3, 0.4) is 0 Å². The Balaban J connectivity index is 2.17. The minimum Gasteiger partial charge on any atom is -0.392 e. The second-order valence-corrected chi connectivity index (χ2v) is 6.19. The topological polar surface area (TPSA) is 105 Å². The van der Waals surface area contributed by atoms with Crippen LogP contribution in [-0.4, -0.2) is 30.2 Å². The lowest BCUT2D eigenvalue weighted by molar-refractivity contribution is 0.274. The van der Waals surface area contributed by atoms with Crippen molar-refractivity contribution in [3.05, 3.63) is 40.8 Å². The summed E-state index contributed by atoms with van der Waals surface area (Å²) in [5.41, 5.74) is -0.195. The van der Waals surface area contributed by atoms with Gasteiger partial charge in [-0.2, -0.15) is 4.98 Å². The summed E-state index contributed by atoms with van der Waals surface area (Å²) in [6.07, 6.45) is 1.35. The number of sulfonamides is 1. The van der Waals surface area contributed by atoms with Crippen molar-refractivity contribution >= 4 is 21.6 Å². The summed E-state index contributed by atoms with van der Waals surface area (Å²) in [4.78, 5) is 3.11. The molecule has 0 aliphatic heterocycles. The first-order valence-corrected chi connectivity index (χ1v) is 7.64. The summed E-state index contributed by atoms with van der Waals surface area (Å²) in [6.45, 7) is -0.707. The van der Waals surface area contributed by atoms with E-state index >= 15 is 0 Å². The standard InChI is InChI=1S/C11H11ClFN3O4S/c12-8-3-7(5-17)11(13)9(4-8)21(18,19)16-2-1-10-14-6-15-20-10/h3-4,6,16-17H,1-2,5H2. The van der Waals surface area contributed by atoms with E-state index in [2.05, 4.69) is 14.9 Å². The normalized spacial score (nSPS) is 11.8. The van der Waals surface area contributed by atoms with Crippen LogP contribution in [0.4, 0.5) is 4.39 Å². The maximum Gasteiger partial charge on any atom is 0.243 e. The lowest BCUT2D eigenvalue weighted by Crippen LogP contribution is -2.27. The molecule has 21 heavy (non-hydrogen) atoms. The highest BCUT2D eigenvalue weighted by Gasteiger charge is 2.22. The van der Waals surface area contributed by atoms with Crippen LogP contribution in [0.15, 0.2) is 27.9 Å². The summed E-state index contributed by atoms with van der Waals surface area (Å²) in [5.74, 6) is -0.785. The molecule has 7 nitrogen and oxygen atoms in total. The molecule has 2 N–H and O–H groups in total. The van der Waals surface area contributed by atoms with E-state index in [0.29, 0.717) is 0 Å². The van der Waals surface area contributed by atoms with Gasteiger partial charge < -0.3 is 9.63 Å². The number of rotatable bonds is 6. The van der Waals surface area contributed by atoms with Crippen molar-refractivity contribution in [1.29, 1.82) is 0 Å². The van der Waals surface area contributed by atoms with Crippen molar-refractivity contribution in [3.63, 3.8) is 0 Å². The smallest absolute Gasteiger partial charge is 0.243 e. The number of hydrogen-bond acceptors (Lipinski definition) is 6. The number of nitrogens with one attached hydrogen (secondary N) is 1. The molecule has 0 aliphatic carbocycles. The van der Waals surface area contributed by atoms with Crippen molar-refractivity contribution in [2.45, 2.75) is 17.9 Å².